The fraction of sp³-hybridized carbons (Fsp3) is 0.429. The molecule has 0 fully saturated rings. The standard InChI is InChI=1S/C24H31NO7.C15H17NO4.C10H18O3/c1-6-7-8-9-18(24(27)31-5)23(26)25-19-14-16(28-2)10-12-20(19)32-22-15-17(29-3)11-13-21(22)30-4;1-17-10-4-6-12(16)14(8-10)20-13-7-5-11(18-2)9-15(13)19-3;1-4-5-6-7-9(8(2)11)10(12)13-3/h10-15,18H,6-9H2,1-5H3,(H,25,26);4-9H,16H2,1-3H3;9H,4-7H2,1-3H3. The predicted octanol–water partition coefficient (Wildman–Crippen LogP) is 9.84. The minimum atomic E-state index is -0.919. The average molecular weight is 907 g/mol. The second-order valence-corrected chi connectivity index (χ2v) is 14.2. The van der Waals surface area contributed by atoms with Crippen LogP contribution >= 0.6 is 0 Å². The summed E-state index contributed by atoms with van der Waals surface area (Å²) in [6.07, 6.45) is 6.72. The van der Waals surface area contributed by atoms with E-state index in [1.54, 1.807) is 101 Å². The van der Waals surface area contributed by atoms with Crippen LogP contribution in [0.25, 0.3) is 0 Å². The van der Waals surface area contributed by atoms with Gasteiger partial charge in [0.25, 0.3) is 0 Å². The number of hydrogen-bond donors (Lipinski definition) is 2. The molecule has 0 saturated heterocycles. The van der Waals surface area contributed by atoms with Crippen molar-refractivity contribution in [2.24, 2.45) is 11.8 Å². The van der Waals surface area contributed by atoms with E-state index < -0.39 is 29.7 Å². The highest BCUT2D eigenvalue weighted by atomic mass is 16.5. The van der Waals surface area contributed by atoms with Crippen LogP contribution in [0.15, 0.2) is 72.8 Å². The highest BCUT2D eigenvalue weighted by Crippen LogP contribution is 2.40. The molecule has 4 rings (SSSR count). The van der Waals surface area contributed by atoms with E-state index in [1.165, 1.54) is 35.4 Å². The number of carbonyl (C=O) groups excluding carboxylic acids is 4. The van der Waals surface area contributed by atoms with Crippen LogP contribution in [0.5, 0.6) is 57.5 Å². The first kappa shape index (κ1) is 54.3. The predicted molar refractivity (Wildman–Crippen MR) is 248 cm³/mol. The second-order valence-electron chi connectivity index (χ2n) is 14.2. The highest BCUT2D eigenvalue weighted by Gasteiger charge is 2.28. The summed E-state index contributed by atoms with van der Waals surface area (Å²) in [5.74, 6) is 2.32. The maximum absolute atomic E-state index is 13.0. The van der Waals surface area contributed by atoms with Gasteiger partial charge < -0.3 is 58.4 Å². The van der Waals surface area contributed by atoms with Crippen molar-refractivity contribution < 1.29 is 66.5 Å². The second kappa shape index (κ2) is 29.5. The molecule has 0 heterocycles. The Balaban J connectivity index is 0.000000373. The third-order valence-corrected chi connectivity index (χ3v) is 9.82. The number of ketones is 1. The summed E-state index contributed by atoms with van der Waals surface area (Å²) in [6.45, 7) is 5.58. The topological polar surface area (TPSA) is 199 Å². The number of nitrogens with two attached hydrogens (primary N) is 1. The van der Waals surface area contributed by atoms with E-state index in [9.17, 15) is 19.2 Å². The monoisotopic (exact) mass is 906 g/mol. The first-order chi connectivity index (χ1) is 31.3. The fourth-order valence-corrected chi connectivity index (χ4v) is 6.06. The van der Waals surface area contributed by atoms with Crippen molar-refractivity contribution in [1.82, 2.24) is 0 Å². The molecule has 4 aromatic rings. The van der Waals surface area contributed by atoms with Crippen molar-refractivity contribution >= 4 is 35.0 Å². The summed E-state index contributed by atoms with van der Waals surface area (Å²) in [6, 6.07) is 20.6. The van der Waals surface area contributed by atoms with Crippen molar-refractivity contribution in [2.45, 2.75) is 72.1 Å². The lowest BCUT2D eigenvalue weighted by atomic mass is 9.98. The Kier molecular flexibility index (Phi) is 24.6. The number of ether oxygens (including phenoxy) is 10. The highest BCUT2D eigenvalue weighted by molar-refractivity contribution is 6.05. The van der Waals surface area contributed by atoms with Crippen LogP contribution in [0.1, 0.15) is 72.1 Å². The zero-order valence-corrected chi connectivity index (χ0v) is 39.5. The molecule has 0 saturated carbocycles. The van der Waals surface area contributed by atoms with Gasteiger partial charge in [-0.15, -0.1) is 0 Å². The number of Topliss-reactive ketones (excluding diaryl/α,β-unsaturated/α-hetero) is 1. The lowest BCUT2D eigenvalue weighted by Gasteiger charge is -2.18. The maximum atomic E-state index is 13.0. The number of anilines is 2. The smallest absolute Gasteiger partial charge is 0.318 e. The molecule has 0 radical (unpaired) electrons. The lowest BCUT2D eigenvalue weighted by Crippen LogP contribution is -2.30. The number of methoxy groups -OCH3 is 8. The molecular formula is C49H66N2O14. The third-order valence-electron chi connectivity index (χ3n) is 9.82. The SMILES string of the molecule is CCCCCC(C(=O)Nc1cc(OC)ccc1Oc1cc(OC)ccc1OC)C(=O)OC.CCCCCC(C(C)=O)C(=O)OC.COc1ccc(N)c(Oc2ccc(OC)cc2OC)c1. The van der Waals surface area contributed by atoms with Crippen molar-refractivity contribution in [3.8, 4) is 57.5 Å². The van der Waals surface area contributed by atoms with Gasteiger partial charge in [0, 0.05) is 24.3 Å². The van der Waals surface area contributed by atoms with Gasteiger partial charge in [-0.1, -0.05) is 52.4 Å². The van der Waals surface area contributed by atoms with E-state index in [1.807, 2.05) is 0 Å². The summed E-state index contributed by atoms with van der Waals surface area (Å²) in [5.41, 5.74) is 6.76. The summed E-state index contributed by atoms with van der Waals surface area (Å²) < 4.78 is 52.7. The zero-order valence-electron chi connectivity index (χ0n) is 39.5. The number of hydrogen-bond acceptors (Lipinski definition) is 15. The van der Waals surface area contributed by atoms with Crippen molar-refractivity contribution in [2.75, 3.05) is 67.9 Å². The van der Waals surface area contributed by atoms with Crippen LogP contribution in [0.2, 0.25) is 0 Å². The van der Waals surface area contributed by atoms with Gasteiger partial charge in [-0.2, -0.15) is 0 Å². The van der Waals surface area contributed by atoms with Crippen LogP contribution in [0.3, 0.4) is 0 Å². The van der Waals surface area contributed by atoms with Gasteiger partial charge in [0.2, 0.25) is 5.91 Å². The largest absolute Gasteiger partial charge is 0.497 e. The number of nitrogens with one attached hydrogen (secondary N) is 1. The van der Waals surface area contributed by atoms with Crippen LogP contribution in [0, 0.1) is 11.8 Å². The number of benzene rings is 4. The number of amides is 1. The molecule has 0 bridgehead atoms. The normalized spacial score (nSPS) is 11.1. The number of carbonyl (C=O) groups is 4. The Morgan fingerprint density at radius 2 is 0.923 bits per heavy atom. The molecule has 1 amide bonds. The number of nitrogen functional groups attached to an aromatic ring is 1. The molecule has 0 aliphatic carbocycles. The summed E-state index contributed by atoms with van der Waals surface area (Å²) >= 11 is 0. The Bertz CT molecular complexity index is 2110. The lowest BCUT2D eigenvalue weighted by molar-refractivity contribution is -0.150. The van der Waals surface area contributed by atoms with E-state index in [4.69, 9.17) is 48.4 Å². The van der Waals surface area contributed by atoms with Crippen molar-refractivity contribution in [3.05, 3.63) is 72.8 Å². The Morgan fingerprint density at radius 1 is 0.492 bits per heavy atom. The summed E-state index contributed by atoms with van der Waals surface area (Å²) in [7, 11) is 11.9. The van der Waals surface area contributed by atoms with Crippen molar-refractivity contribution in [3.63, 3.8) is 0 Å². The molecule has 0 aliphatic heterocycles. The van der Waals surface area contributed by atoms with Gasteiger partial charge in [0.15, 0.2) is 34.5 Å². The quantitative estimate of drug-likeness (QED) is 0.0308. The average Bonchev–Trinajstić information content (AvgIpc) is 3.32. The minimum Gasteiger partial charge on any atom is -0.497 e. The van der Waals surface area contributed by atoms with Gasteiger partial charge in [-0.3, -0.25) is 19.2 Å². The van der Waals surface area contributed by atoms with E-state index in [-0.39, 0.29) is 5.78 Å². The minimum absolute atomic E-state index is 0.0945. The number of unbranched alkanes of at least 4 members (excludes halogenated alkanes) is 4. The molecule has 2 unspecified atom stereocenters. The molecule has 0 spiro atoms. The molecule has 65 heavy (non-hydrogen) atoms. The van der Waals surface area contributed by atoms with Crippen LogP contribution < -0.4 is 48.9 Å². The van der Waals surface area contributed by atoms with Gasteiger partial charge in [-0.05, 0) is 68.3 Å². The zero-order chi connectivity index (χ0) is 48.3. The molecule has 16 nitrogen and oxygen atoms in total. The Labute approximate surface area is 382 Å². The van der Waals surface area contributed by atoms with Crippen LogP contribution in [-0.2, 0) is 28.7 Å². The molecule has 356 valence electrons. The molecule has 0 aliphatic rings. The first-order valence-corrected chi connectivity index (χ1v) is 21.2. The Hall–Kier alpha value is -6.84. The summed E-state index contributed by atoms with van der Waals surface area (Å²) in [5, 5.41) is 2.80. The van der Waals surface area contributed by atoms with E-state index in [0.29, 0.717) is 81.7 Å². The van der Waals surface area contributed by atoms with E-state index >= 15 is 0 Å². The van der Waals surface area contributed by atoms with Gasteiger partial charge in [0.05, 0.1) is 68.3 Å². The Morgan fingerprint density at radius 3 is 1.42 bits per heavy atom. The molecule has 16 heteroatoms. The molecule has 4 aromatic carbocycles. The van der Waals surface area contributed by atoms with Gasteiger partial charge in [0.1, 0.15) is 40.6 Å². The number of esters is 2. The van der Waals surface area contributed by atoms with Crippen molar-refractivity contribution in [1.29, 1.82) is 0 Å². The maximum Gasteiger partial charge on any atom is 0.318 e. The molecule has 2 atom stereocenters. The first-order valence-electron chi connectivity index (χ1n) is 21.2. The molecule has 3 N–H and O–H groups in total. The molecular weight excluding hydrogens is 841 g/mol. The third kappa shape index (κ3) is 17.7. The van der Waals surface area contributed by atoms with Gasteiger partial charge in [-0.25, -0.2) is 0 Å². The summed E-state index contributed by atoms with van der Waals surface area (Å²) in [4.78, 5) is 47.3. The van der Waals surface area contributed by atoms with Crippen LogP contribution in [0.4, 0.5) is 11.4 Å². The fourth-order valence-electron chi connectivity index (χ4n) is 6.06. The van der Waals surface area contributed by atoms with Crippen LogP contribution in [-0.4, -0.2) is 80.5 Å². The van der Waals surface area contributed by atoms with E-state index in [0.717, 1.165) is 38.5 Å². The number of rotatable bonds is 23. The van der Waals surface area contributed by atoms with Gasteiger partial charge >= 0.3 is 11.9 Å². The van der Waals surface area contributed by atoms with E-state index in [2.05, 4.69) is 23.9 Å². The molecule has 0 aromatic heterocycles.